The molecule has 0 aromatic heterocycles. The number of ether oxygens (including phenoxy) is 1. The third kappa shape index (κ3) is 1.85. The van der Waals surface area contributed by atoms with Crippen LogP contribution in [0.3, 0.4) is 0 Å². The lowest BCUT2D eigenvalue weighted by molar-refractivity contribution is 0.398. The first-order chi connectivity index (χ1) is 7.07. The molecule has 2 rings (SSSR count). The van der Waals surface area contributed by atoms with E-state index >= 15 is 0 Å². The van der Waals surface area contributed by atoms with Crippen molar-refractivity contribution >= 4 is 0 Å². The summed E-state index contributed by atoms with van der Waals surface area (Å²) in [4.78, 5) is 0. The van der Waals surface area contributed by atoms with Gasteiger partial charge in [0.1, 0.15) is 5.75 Å². The molecular formula is C12H18N2O. The van der Waals surface area contributed by atoms with Crippen LogP contribution in [0.15, 0.2) is 18.2 Å². The van der Waals surface area contributed by atoms with Crippen LogP contribution < -0.4 is 16.2 Å². The van der Waals surface area contributed by atoms with Crippen molar-refractivity contribution in [3.63, 3.8) is 0 Å². The number of hydrogen-bond donors (Lipinski definition) is 2. The lowest BCUT2D eigenvalue weighted by Gasteiger charge is -2.21. The second kappa shape index (κ2) is 3.51. The van der Waals surface area contributed by atoms with Crippen molar-refractivity contribution in [2.24, 2.45) is 11.5 Å². The fourth-order valence-electron chi connectivity index (χ4n) is 1.86. The molecule has 4 N–H and O–H groups in total. The van der Waals surface area contributed by atoms with E-state index in [1.165, 1.54) is 5.56 Å². The number of benzene rings is 1. The summed E-state index contributed by atoms with van der Waals surface area (Å²) in [5, 5.41) is 0. The van der Waals surface area contributed by atoms with Crippen LogP contribution in [0.5, 0.6) is 5.75 Å². The fraction of sp³-hybridized carbons (Fsp3) is 0.500. The van der Waals surface area contributed by atoms with Crippen LogP contribution in [-0.2, 0) is 0 Å². The maximum absolute atomic E-state index is 6.17. The number of hydrogen-bond acceptors (Lipinski definition) is 3. The van der Waals surface area contributed by atoms with E-state index < -0.39 is 0 Å². The van der Waals surface area contributed by atoms with Crippen molar-refractivity contribution in [2.75, 3.05) is 7.11 Å². The van der Waals surface area contributed by atoms with E-state index in [0.717, 1.165) is 24.2 Å². The molecular weight excluding hydrogens is 188 g/mol. The second-order valence-corrected chi connectivity index (χ2v) is 4.46. The Morgan fingerprint density at radius 3 is 2.60 bits per heavy atom. The molecule has 1 saturated carbocycles. The lowest BCUT2D eigenvalue weighted by Crippen LogP contribution is -2.36. The molecule has 0 spiro atoms. The molecule has 3 heteroatoms. The van der Waals surface area contributed by atoms with Crippen molar-refractivity contribution in [1.82, 2.24) is 0 Å². The van der Waals surface area contributed by atoms with E-state index in [1.54, 1.807) is 7.11 Å². The van der Waals surface area contributed by atoms with E-state index in [4.69, 9.17) is 16.2 Å². The molecule has 1 atom stereocenters. The third-order valence-electron chi connectivity index (χ3n) is 3.17. The van der Waals surface area contributed by atoms with Crippen LogP contribution in [-0.4, -0.2) is 12.6 Å². The minimum Gasteiger partial charge on any atom is -0.496 e. The summed E-state index contributed by atoms with van der Waals surface area (Å²) in [5.74, 6) is 0.838. The number of methoxy groups -OCH3 is 1. The standard InChI is InChI=1S/C12H18N2O/c1-8-3-4-10(15-2)9(7-8)11(13)12(14)5-6-12/h3-4,7,11H,5-6,13-14H2,1-2H3. The summed E-state index contributed by atoms with van der Waals surface area (Å²) in [6.45, 7) is 2.05. The first kappa shape index (κ1) is 10.5. The lowest BCUT2D eigenvalue weighted by atomic mass is 9.96. The van der Waals surface area contributed by atoms with Crippen LogP contribution in [0.2, 0.25) is 0 Å². The van der Waals surface area contributed by atoms with Crippen molar-refractivity contribution in [2.45, 2.75) is 31.3 Å². The molecule has 1 aliphatic rings. The van der Waals surface area contributed by atoms with Gasteiger partial charge in [-0.3, -0.25) is 0 Å². The predicted molar refractivity (Wildman–Crippen MR) is 60.8 cm³/mol. The SMILES string of the molecule is COc1ccc(C)cc1C(N)C1(N)CC1. The van der Waals surface area contributed by atoms with Gasteiger partial charge in [0.2, 0.25) is 0 Å². The predicted octanol–water partition coefficient (Wildman–Crippen LogP) is 1.49. The van der Waals surface area contributed by atoms with E-state index in [1.807, 2.05) is 19.1 Å². The quantitative estimate of drug-likeness (QED) is 0.787. The van der Waals surface area contributed by atoms with Gasteiger partial charge in [0.05, 0.1) is 13.2 Å². The number of rotatable bonds is 3. The molecule has 1 fully saturated rings. The van der Waals surface area contributed by atoms with Gasteiger partial charge in [-0.2, -0.15) is 0 Å². The monoisotopic (exact) mass is 206 g/mol. The van der Waals surface area contributed by atoms with Gasteiger partial charge in [0, 0.05) is 11.1 Å². The topological polar surface area (TPSA) is 61.3 Å². The van der Waals surface area contributed by atoms with E-state index in [9.17, 15) is 0 Å². The molecule has 15 heavy (non-hydrogen) atoms. The minimum absolute atomic E-state index is 0.118. The molecule has 82 valence electrons. The Kier molecular flexibility index (Phi) is 2.44. The molecule has 3 nitrogen and oxygen atoms in total. The molecule has 0 saturated heterocycles. The molecule has 0 amide bonds. The van der Waals surface area contributed by atoms with Crippen LogP contribution in [0.1, 0.15) is 30.0 Å². The number of aryl methyl sites for hydroxylation is 1. The normalized spacial score (nSPS) is 19.7. The van der Waals surface area contributed by atoms with Gasteiger partial charge in [-0.05, 0) is 25.8 Å². The highest BCUT2D eigenvalue weighted by atomic mass is 16.5. The first-order valence-electron chi connectivity index (χ1n) is 5.26. The summed E-state index contributed by atoms with van der Waals surface area (Å²) < 4.78 is 5.31. The van der Waals surface area contributed by atoms with Gasteiger partial charge in [0.25, 0.3) is 0 Å². The van der Waals surface area contributed by atoms with Crippen molar-refractivity contribution in [3.05, 3.63) is 29.3 Å². The molecule has 0 radical (unpaired) electrons. The summed E-state index contributed by atoms with van der Waals surface area (Å²) in [6.07, 6.45) is 2.01. The Labute approximate surface area is 90.4 Å². The zero-order valence-corrected chi connectivity index (χ0v) is 9.29. The highest BCUT2D eigenvalue weighted by Gasteiger charge is 2.45. The van der Waals surface area contributed by atoms with Crippen molar-refractivity contribution in [1.29, 1.82) is 0 Å². The molecule has 0 heterocycles. The second-order valence-electron chi connectivity index (χ2n) is 4.46. The fourth-order valence-corrected chi connectivity index (χ4v) is 1.86. The highest BCUT2D eigenvalue weighted by molar-refractivity contribution is 5.41. The van der Waals surface area contributed by atoms with Gasteiger partial charge in [0.15, 0.2) is 0 Å². The molecule has 1 aromatic rings. The van der Waals surface area contributed by atoms with E-state index in [-0.39, 0.29) is 11.6 Å². The molecule has 0 bridgehead atoms. The largest absolute Gasteiger partial charge is 0.496 e. The maximum atomic E-state index is 6.17. The Morgan fingerprint density at radius 1 is 1.40 bits per heavy atom. The van der Waals surface area contributed by atoms with Gasteiger partial charge < -0.3 is 16.2 Å². The van der Waals surface area contributed by atoms with Gasteiger partial charge in [-0.1, -0.05) is 17.7 Å². The van der Waals surface area contributed by atoms with Crippen LogP contribution in [0.4, 0.5) is 0 Å². The van der Waals surface area contributed by atoms with Crippen LogP contribution in [0.25, 0.3) is 0 Å². The van der Waals surface area contributed by atoms with Gasteiger partial charge in [-0.25, -0.2) is 0 Å². The summed E-state index contributed by atoms with van der Waals surface area (Å²) in [7, 11) is 1.66. The molecule has 1 aromatic carbocycles. The van der Waals surface area contributed by atoms with Crippen LogP contribution >= 0.6 is 0 Å². The maximum Gasteiger partial charge on any atom is 0.123 e. The Morgan fingerprint density at radius 2 is 2.07 bits per heavy atom. The van der Waals surface area contributed by atoms with Crippen LogP contribution in [0, 0.1) is 6.92 Å². The summed E-state index contributed by atoms with van der Waals surface area (Å²) >= 11 is 0. The van der Waals surface area contributed by atoms with Gasteiger partial charge >= 0.3 is 0 Å². The van der Waals surface area contributed by atoms with E-state index in [2.05, 4.69) is 6.07 Å². The minimum atomic E-state index is -0.207. The van der Waals surface area contributed by atoms with Crippen molar-refractivity contribution in [3.8, 4) is 5.75 Å². The average molecular weight is 206 g/mol. The summed E-state index contributed by atoms with van der Waals surface area (Å²) in [5.41, 5.74) is 14.3. The smallest absolute Gasteiger partial charge is 0.123 e. The third-order valence-corrected chi connectivity index (χ3v) is 3.17. The Bertz CT molecular complexity index is 372. The van der Waals surface area contributed by atoms with Gasteiger partial charge in [-0.15, -0.1) is 0 Å². The highest BCUT2D eigenvalue weighted by Crippen LogP contribution is 2.44. The van der Waals surface area contributed by atoms with Crippen molar-refractivity contribution < 1.29 is 4.74 Å². The Hall–Kier alpha value is -1.06. The number of nitrogens with two attached hydrogens (primary N) is 2. The average Bonchev–Trinajstić information content (AvgIpc) is 2.96. The molecule has 0 aliphatic heterocycles. The van der Waals surface area contributed by atoms with E-state index in [0.29, 0.717) is 0 Å². The zero-order valence-electron chi connectivity index (χ0n) is 9.29. The molecule has 1 aliphatic carbocycles. The Balaban J connectivity index is 2.36. The summed E-state index contributed by atoms with van der Waals surface area (Å²) in [6, 6.07) is 5.92. The first-order valence-corrected chi connectivity index (χ1v) is 5.26. The zero-order chi connectivity index (χ0) is 11.1. The molecule has 1 unspecified atom stereocenters.